The number of carbonyl (C=O) groups is 4. The van der Waals surface area contributed by atoms with E-state index in [2.05, 4.69) is 0 Å². The van der Waals surface area contributed by atoms with Crippen LogP contribution in [0.1, 0.15) is 55.3 Å². The van der Waals surface area contributed by atoms with Crippen molar-refractivity contribution in [3.63, 3.8) is 0 Å². The number of carboxylic acid groups (broad SMARTS) is 3. The molecule has 0 aliphatic rings. The number of ether oxygens (including phenoxy) is 1. The fraction of sp³-hybridized carbons (Fsp3) is 0.238. The first-order valence-electron chi connectivity index (χ1n) is 8.65. The molecule has 2 aromatic rings. The van der Waals surface area contributed by atoms with Gasteiger partial charge in [0.25, 0.3) is 0 Å². The molecule has 0 atom stereocenters. The van der Waals surface area contributed by atoms with Crippen LogP contribution in [-0.2, 0) is 4.74 Å². The van der Waals surface area contributed by atoms with Crippen molar-refractivity contribution in [3.05, 3.63) is 70.8 Å². The molecular formula is C21H22O9. The average Bonchev–Trinajstić information content (AvgIpc) is 2.72. The first-order valence-corrected chi connectivity index (χ1v) is 8.65. The lowest BCUT2D eigenvalue weighted by atomic mass is 9.96. The third kappa shape index (κ3) is 7.72. The smallest absolute Gasteiger partial charge is 0.338 e. The number of aromatic carboxylic acids is 3. The molecule has 0 spiro atoms. The number of aliphatic hydroxyl groups excluding tert-OH is 1. The highest BCUT2D eigenvalue weighted by atomic mass is 16.5. The Morgan fingerprint density at radius 2 is 1.20 bits per heavy atom. The summed E-state index contributed by atoms with van der Waals surface area (Å²) in [5.41, 5.74) is -0.130. The normalized spacial score (nSPS) is 10.4. The van der Waals surface area contributed by atoms with E-state index in [1.165, 1.54) is 48.5 Å². The molecule has 0 saturated carbocycles. The highest BCUT2D eigenvalue weighted by Crippen LogP contribution is 2.15. The predicted molar refractivity (Wildman–Crippen MR) is 105 cm³/mol. The Morgan fingerprint density at radius 1 is 0.767 bits per heavy atom. The summed E-state index contributed by atoms with van der Waals surface area (Å²) >= 11 is 0. The second kappa shape index (κ2) is 10.7. The van der Waals surface area contributed by atoms with Gasteiger partial charge < -0.3 is 25.2 Å². The van der Waals surface area contributed by atoms with Crippen LogP contribution in [0.15, 0.2) is 48.5 Å². The molecule has 160 valence electrons. The van der Waals surface area contributed by atoms with E-state index in [-0.39, 0.29) is 35.5 Å². The second-order valence-corrected chi connectivity index (χ2v) is 6.97. The summed E-state index contributed by atoms with van der Waals surface area (Å²) < 4.78 is 5.03. The summed E-state index contributed by atoms with van der Waals surface area (Å²) in [6, 6.07) is 10.7. The molecule has 9 nitrogen and oxygen atoms in total. The van der Waals surface area contributed by atoms with Crippen molar-refractivity contribution in [2.45, 2.75) is 13.8 Å². The third-order valence-electron chi connectivity index (χ3n) is 3.75. The molecule has 0 saturated heterocycles. The van der Waals surface area contributed by atoms with Gasteiger partial charge in [-0.05, 0) is 42.5 Å². The maximum Gasteiger partial charge on any atom is 0.338 e. The fourth-order valence-corrected chi connectivity index (χ4v) is 1.92. The molecule has 2 aromatic carbocycles. The largest absolute Gasteiger partial charge is 0.478 e. The summed E-state index contributed by atoms with van der Waals surface area (Å²) in [6.07, 6.45) is 0. The van der Waals surface area contributed by atoms with Crippen molar-refractivity contribution >= 4 is 23.9 Å². The fourth-order valence-electron chi connectivity index (χ4n) is 1.92. The lowest BCUT2D eigenvalue weighted by Gasteiger charge is -2.20. The highest BCUT2D eigenvalue weighted by Gasteiger charge is 2.20. The van der Waals surface area contributed by atoms with E-state index in [1.807, 2.05) is 0 Å². The number of rotatable bonds is 7. The van der Waals surface area contributed by atoms with Gasteiger partial charge in [-0.1, -0.05) is 19.9 Å². The average molecular weight is 418 g/mol. The van der Waals surface area contributed by atoms with Gasteiger partial charge in [-0.25, -0.2) is 19.2 Å². The maximum absolute atomic E-state index is 11.7. The van der Waals surface area contributed by atoms with Crippen molar-refractivity contribution < 1.29 is 44.3 Å². The third-order valence-corrected chi connectivity index (χ3v) is 3.75. The first-order chi connectivity index (χ1) is 14.0. The Kier molecular flexibility index (Phi) is 8.69. The van der Waals surface area contributed by atoms with Gasteiger partial charge in [-0.2, -0.15) is 0 Å². The Balaban J connectivity index is 0.000000325. The first kappa shape index (κ1) is 24.3. The van der Waals surface area contributed by atoms with Crippen molar-refractivity contribution in [2.75, 3.05) is 13.2 Å². The Bertz CT molecular complexity index is 881. The summed E-state index contributed by atoms with van der Waals surface area (Å²) in [5, 5.41) is 34.8. The van der Waals surface area contributed by atoms with E-state index >= 15 is 0 Å². The molecule has 0 heterocycles. The van der Waals surface area contributed by atoms with Crippen LogP contribution in [0.4, 0.5) is 0 Å². The Hall–Kier alpha value is -3.72. The predicted octanol–water partition coefficient (Wildman–Crippen LogP) is 2.64. The van der Waals surface area contributed by atoms with Gasteiger partial charge in [0.1, 0.15) is 0 Å². The van der Waals surface area contributed by atoms with Crippen LogP contribution in [0.2, 0.25) is 0 Å². The number of carboxylic acids is 3. The van der Waals surface area contributed by atoms with E-state index in [4.69, 9.17) is 25.2 Å². The van der Waals surface area contributed by atoms with Crippen LogP contribution in [0.3, 0.4) is 0 Å². The van der Waals surface area contributed by atoms with Crippen molar-refractivity contribution in [3.8, 4) is 0 Å². The number of aliphatic hydroxyl groups is 1. The minimum atomic E-state index is -1.10. The van der Waals surface area contributed by atoms with Gasteiger partial charge in [-0.3, -0.25) is 0 Å². The number of hydrogen-bond donors (Lipinski definition) is 4. The molecule has 0 aromatic heterocycles. The monoisotopic (exact) mass is 418 g/mol. The van der Waals surface area contributed by atoms with E-state index < -0.39 is 29.3 Å². The molecular weight excluding hydrogens is 396 g/mol. The van der Waals surface area contributed by atoms with E-state index in [0.717, 1.165) is 0 Å². The second-order valence-electron chi connectivity index (χ2n) is 6.97. The van der Waals surface area contributed by atoms with Crippen LogP contribution >= 0.6 is 0 Å². The van der Waals surface area contributed by atoms with Gasteiger partial charge in [0, 0.05) is 5.41 Å². The molecule has 0 bridgehead atoms. The lowest BCUT2D eigenvalue weighted by molar-refractivity contribution is 0.0218. The summed E-state index contributed by atoms with van der Waals surface area (Å²) in [6.45, 7) is 3.48. The lowest BCUT2D eigenvalue weighted by Crippen LogP contribution is -2.25. The zero-order chi connectivity index (χ0) is 22.9. The molecule has 0 fully saturated rings. The zero-order valence-electron chi connectivity index (χ0n) is 16.4. The molecule has 0 aliphatic carbocycles. The standard InChI is InChI=1S/C13H16O5.C8H6O4/c1-13(2,7-14)8-18-12(17)10-5-3-4-9(6-10)11(15)16;9-7(10)5-1-2-6(4-3-5)8(11)12/h3-6,14H,7-8H2,1-2H3,(H,15,16);1-4H,(H,9,10)(H,11,12). The molecule has 30 heavy (non-hydrogen) atoms. The summed E-state index contributed by atoms with van der Waals surface area (Å²) in [7, 11) is 0. The van der Waals surface area contributed by atoms with Crippen molar-refractivity contribution in [1.29, 1.82) is 0 Å². The molecule has 9 heteroatoms. The summed E-state index contributed by atoms with van der Waals surface area (Å²) in [5.74, 6) is -3.82. The van der Waals surface area contributed by atoms with Gasteiger partial charge in [0.15, 0.2) is 0 Å². The zero-order valence-corrected chi connectivity index (χ0v) is 16.4. The number of hydrogen-bond acceptors (Lipinski definition) is 6. The van der Waals surface area contributed by atoms with Gasteiger partial charge in [-0.15, -0.1) is 0 Å². The maximum atomic E-state index is 11.7. The minimum absolute atomic E-state index is 0.0332. The van der Waals surface area contributed by atoms with Gasteiger partial charge in [0.2, 0.25) is 0 Å². The van der Waals surface area contributed by atoms with Gasteiger partial charge >= 0.3 is 23.9 Å². The Labute approximate surface area is 172 Å². The molecule has 0 amide bonds. The van der Waals surface area contributed by atoms with Crippen LogP contribution in [0.25, 0.3) is 0 Å². The van der Waals surface area contributed by atoms with E-state index in [1.54, 1.807) is 13.8 Å². The van der Waals surface area contributed by atoms with Crippen LogP contribution in [0, 0.1) is 5.41 Å². The molecule has 0 radical (unpaired) electrons. The van der Waals surface area contributed by atoms with Crippen LogP contribution < -0.4 is 0 Å². The number of benzene rings is 2. The minimum Gasteiger partial charge on any atom is -0.478 e. The van der Waals surface area contributed by atoms with Crippen molar-refractivity contribution in [1.82, 2.24) is 0 Å². The number of esters is 1. The molecule has 4 N–H and O–H groups in total. The van der Waals surface area contributed by atoms with E-state index in [0.29, 0.717) is 0 Å². The van der Waals surface area contributed by atoms with E-state index in [9.17, 15) is 19.2 Å². The summed E-state index contributed by atoms with van der Waals surface area (Å²) in [4.78, 5) is 43.1. The molecule has 0 aliphatic heterocycles. The SMILES string of the molecule is CC(C)(CO)COC(=O)c1cccc(C(=O)O)c1.O=C(O)c1ccc(C(=O)O)cc1. The van der Waals surface area contributed by atoms with Crippen LogP contribution in [0.5, 0.6) is 0 Å². The molecule has 2 rings (SSSR count). The van der Waals surface area contributed by atoms with Crippen molar-refractivity contribution in [2.24, 2.45) is 5.41 Å². The topological polar surface area (TPSA) is 158 Å². The van der Waals surface area contributed by atoms with Crippen LogP contribution in [-0.4, -0.2) is 57.5 Å². The quantitative estimate of drug-likeness (QED) is 0.496. The van der Waals surface area contributed by atoms with Gasteiger partial charge in [0.05, 0.1) is 35.5 Å². The number of carbonyl (C=O) groups excluding carboxylic acids is 1. The Morgan fingerprint density at radius 3 is 1.60 bits per heavy atom. The molecule has 0 unspecified atom stereocenters. The highest BCUT2D eigenvalue weighted by molar-refractivity contribution is 5.94.